The summed E-state index contributed by atoms with van der Waals surface area (Å²) in [5.74, 6) is 1.81. The van der Waals surface area contributed by atoms with Crippen molar-refractivity contribution in [2.24, 2.45) is 0 Å². The first kappa shape index (κ1) is 18.8. The summed E-state index contributed by atoms with van der Waals surface area (Å²) < 4.78 is 10.7. The molecule has 0 bridgehead atoms. The second-order valence-electron chi connectivity index (χ2n) is 6.19. The third-order valence-corrected chi connectivity index (χ3v) is 4.27. The highest BCUT2D eigenvalue weighted by atomic mass is 16.3. The van der Waals surface area contributed by atoms with Gasteiger partial charge in [-0.05, 0) is 45.4 Å². The number of furan rings is 2. The van der Waals surface area contributed by atoms with E-state index in [1.807, 2.05) is 20.8 Å². The maximum atomic E-state index is 12.9. The predicted molar refractivity (Wildman–Crippen MR) is 94.1 cm³/mol. The van der Waals surface area contributed by atoms with Crippen molar-refractivity contribution < 1.29 is 18.4 Å². The minimum atomic E-state index is -0.113. The Morgan fingerprint density at radius 2 is 2.08 bits per heavy atom. The fraction of sp³-hybridized carbons (Fsp3) is 0.474. The van der Waals surface area contributed by atoms with Gasteiger partial charge in [-0.25, -0.2) is 0 Å². The molecular formula is C19H26N2O4. The van der Waals surface area contributed by atoms with E-state index >= 15 is 0 Å². The highest BCUT2D eigenvalue weighted by molar-refractivity contribution is 5.95. The summed E-state index contributed by atoms with van der Waals surface area (Å²) in [4.78, 5) is 26.7. The zero-order chi connectivity index (χ0) is 18.4. The lowest BCUT2D eigenvalue weighted by atomic mass is 10.1. The summed E-state index contributed by atoms with van der Waals surface area (Å²) in [5.41, 5.74) is 0.564. The molecule has 1 N–H and O–H groups in total. The number of nitrogens with one attached hydrogen (secondary N) is 1. The van der Waals surface area contributed by atoms with Crippen molar-refractivity contribution in [1.29, 1.82) is 0 Å². The van der Waals surface area contributed by atoms with Crippen molar-refractivity contribution in [2.45, 2.75) is 53.1 Å². The van der Waals surface area contributed by atoms with Crippen molar-refractivity contribution in [2.75, 3.05) is 6.54 Å². The normalized spacial score (nSPS) is 12.0. The fourth-order valence-corrected chi connectivity index (χ4v) is 2.65. The van der Waals surface area contributed by atoms with Crippen LogP contribution in [0.1, 0.15) is 54.3 Å². The Morgan fingerprint density at radius 1 is 1.32 bits per heavy atom. The van der Waals surface area contributed by atoms with Crippen LogP contribution in [0.4, 0.5) is 0 Å². The van der Waals surface area contributed by atoms with E-state index in [1.165, 1.54) is 0 Å². The largest absolute Gasteiger partial charge is 0.467 e. The molecule has 0 radical (unpaired) electrons. The molecule has 1 atom stereocenters. The molecule has 2 rings (SSSR count). The highest BCUT2D eigenvalue weighted by Gasteiger charge is 2.24. The van der Waals surface area contributed by atoms with Crippen LogP contribution in [0, 0.1) is 13.8 Å². The van der Waals surface area contributed by atoms with E-state index in [9.17, 15) is 9.59 Å². The van der Waals surface area contributed by atoms with Crippen molar-refractivity contribution >= 4 is 11.8 Å². The Morgan fingerprint density at radius 3 is 2.64 bits per heavy atom. The number of carbonyl (C=O) groups is 2. The third-order valence-electron chi connectivity index (χ3n) is 4.27. The molecule has 25 heavy (non-hydrogen) atoms. The average molecular weight is 346 g/mol. The first-order valence-electron chi connectivity index (χ1n) is 8.59. The molecule has 2 aromatic rings. The quantitative estimate of drug-likeness (QED) is 0.794. The standard InChI is InChI=1S/C19H26N2O4/c1-5-13(2)21(19(23)17-11-14(3)25-15(17)4)9-8-18(22)20-12-16-7-6-10-24-16/h6-7,10-11,13H,5,8-9,12H2,1-4H3,(H,20,22). The molecule has 0 spiro atoms. The molecule has 0 aliphatic rings. The van der Waals surface area contributed by atoms with Gasteiger partial charge in [-0.1, -0.05) is 6.92 Å². The summed E-state index contributed by atoms with van der Waals surface area (Å²) in [6, 6.07) is 5.38. The number of rotatable bonds is 8. The Hall–Kier alpha value is -2.50. The molecule has 1 unspecified atom stereocenters. The molecule has 0 saturated heterocycles. The molecule has 2 amide bonds. The lowest BCUT2D eigenvalue weighted by molar-refractivity contribution is -0.121. The van der Waals surface area contributed by atoms with Gasteiger partial charge < -0.3 is 19.1 Å². The summed E-state index contributed by atoms with van der Waals surface area (Å²) in [6.07, 6.45) is 2.63. The number of aryl methyl sites for hydroxylation is 2. The van der Waals surface area contributed by atoms with Gasteiger partial charge in [0.1, 0.15) is 17.3 Å². The van der Waals surface area contributed by atoms with Crippen molar-refractivity contribution in [3.8, 4) is 0 Å². The van der Waals surface area contributed by atoms with Crippen LogP contribution in [-0.2, 0) is 11.3 Å². The van der Waals surface area contributed by atoms with Gasteiger partial charge in [0.2, 0.25) is 5.91 Å². The summed E-state index contributed by atoms with van der Waals surface area (Å²) in [5, 5.41) is 2.80. The van der Waals surface area contributed by atoms with E-state index < -0.39 is 0 Å². The molecule has 6 heteroatoms. The third kappa shape index (κ3) is 4.98. The van der Waals surface area contributed by atoms with Gasteiger partial charge in [0.25, 0.3) is 5.91 Å². The number of nitrogens with zero attached hydrogens (tertiary/aromatic N) is 1. The smallest absolute Gasteiger partial charge is 0.257 e. The van der Waals surface area contributed by atoms with Crippen LogP contribution in [0.5, 0.6) is 0 Å². The maximum Gasteiger partial charge on any atom is 0.257 e. The lowest BCUT2D eigenvalue weighted by Gasteiger charge is -2.28. The monoisotopic (exact) mass is 346 g/mol. The first-order chi connectivity index (χ1) is 11.9. The molecule has 2 heterocycles. The zero-order valence-electron chi connectivity index (χ0n) is 15.3. The fourth-order valence-electron chi connectivity index (χ4n) is 2.65. The molecular weight excluding hydrogens is 320 g/mol. The number of carbonyl (C=O) groups excluding carboxylic acids is 2. The van der Waals surface area contributed by atoms with Crippen LogP contribution in [0.15, 0.2) is 33.3 Å². The van der Waals surface area contributed by atoms with Crippen LogP contribution >= 0.6 is 0 Å². The minimum absolute atomic E-state index is 0.0416. The summed E-state index contributed by atoms with van der Waals surface area (Å²) in [6.45, 7) is 8.32. The first-order valence-corrected chi connectivity index (χ1v) is 8.59. The Bertz CT molecular complexity index is 703. The second kappa shape index (κ2) is 8.55. The Kier molecular flexibility index (Phi) is 6.44. The van der Waals surface area contributed by atoms with Crippen LogP contribution in [0.25, 0.3) is 0 Å². The van der Waals surface area contributed by atoms with E-state index in [1.54, 1.807) is 36.3 Å². The van der Waals surface area contributed by atoms with Crippen LogP contribution < -0.4 is 5.32 Å². The van der Waals surface area contributed by atoms with Crippen molar-refractivity contribution in [1.82, 2.24) is 10.2 Å². The number of amides is 2. The number of hydrogen-bond donors (Lipinski definition) is 1. The van der Waals surface area contributed by atoms with Crippen molar-refractivity contribution in [3.63, 3.8) is 0 Å². The molecule has 0 aliphatic carbocycles. The van der Waals surface area contributed by atoms with Gasteiger partial charge in [-0.3, -0.25) is 9.59 Å². The average Bonchev–Trinajstić information content (AvgIpc) is 3.21. The summed E-state index contributed by atoms with van der Waals surface area (Å²) in [7, 11) is 0. The van der Waals surface area contributed by atoms with E-state index in [4.69, 9.17) is 8.83 Å². The van der Waals surface area contributed by atoms with E-state index in [2.05, 4.69) is 5.32 Å². The SMILES string of the molecule is CCC(C)N(CCC(=O)NCc1ccco1)C(=O)c1cc(C)oc1C. The van der Waals surface area contributed by atoms with E-state index in [-0.39, 0.29) is 24.3 Å². The molecule has 2 aromatic heterocycles. The molecule has 6 nitrogen and oxygen atoms in total. The van der Waals surface area contributed by atoms with E-state index in [0.717, 1.165) is 6.42 Å². The predicted octanol–water partition coefficient (Wildman–Crippen LogP) is 3.44. The molecule has 136 valence electrons. The van der Waals surface area contributed by atoms with E-state index in [0.29, 0.717) is 35.9 Å². The molecule has 0 saturated carbocycles. The number of hydrogen-bond acceptors (Lipinski definition) is 4. The molecule has 0 fully saturated rings. The van der Waals surface area contributed by atoms with Gasteiger partial charge in [-0.15, -0.1) is 0 Å². The van der Waals surface area contributed by atoms with Crippen LogP contribution in [-0.4, -0.2) is 29.3 Å². The topological polar surface area (TPSA) is 75.7 Å². The Balaban J connectivity index is 1.96. The summed E-state index contributed by atoms with van der Waals surface area (Å²) >= 11 is 0. The molecule has 0 aliphatic heterocycles. The Labute approximate surface area is 148 Å². The van der Waals surface area contributed by atoms with Gasteiger partial charge in [0.15, 0.2) is 0 Å². The minimum Gasteiger partial charge on any atom is -0.467 e. The molecule has 0 aromatic carbocycles. The van der Waals surface area contributed by atoms with Gasteiger partial charge >= 0.3 is 0 Å². The van der Waals surface area contributed by atoms with Crippen molar-refractivity contribution in [3.05, 3.63) is 47.3 Å². The van der Waals surface area contributed by atoms with Gasteiger partial charge in [0.05, 0.1) is 18.4 Å². The highest BCUT2D eigenvalue weighted by Crippen LogP contribution is 2.18. The second-order valence-corrected chi connectivity index (χ2v) is 6.19. The lowest BCUT2D eigenvalue weighted by Crippen LogP contribution is -2.41. The zero-order valence-corrected chi connectivity index (χ0v) is 15.3. The van der Waals surface area contributed by atoms with Gasteiger partial charge in [-0.2, -0.15) is 0 Å². The van der Waals surface area contributed by atoms with Crippen LogP contribution in [0.2, 0.25) is 0 Å². The van der Waals surface area contributed by atoms with Gasteiger partial charge in [0, 0.05) is 19.0 Å². The maximum absolute atomic E-state index is 12.9. The van der Waals surface area contributed by atoms with Crippen LogP contribution in [0.3, 0.4) is 0 Å².